The van der Waals surface area contributed by atoms with Crippen molar-refractivity contribution in [2.24, 2.45) is 16.2 Å². The van der Waals surface area contributed by atoms with Crippen LogP contribution in [0.2, 0.25) is 4.34 Å². The van der Waals surface area contributed by atoms with Gasteiger partial charge in [0.15, 0.2) is 0 Å². The van der Waals surface area contributed by atoms with E-state index in [2.05, 4.69) is 18.2 Å². The minimum Gasteiger partial charge on any atom is -0.263 e. The maximum atomic E-state index is 6.04. The summed E-state index contributed by atoms with van der Waals surface area (Å²) in [6, 6.07) is 1.90. The fourth-order valence-electron chi connectivity index (χ4n) is 1.44. The molecule has 3 nitrogen and oxygen atoms in total. The van der Waals surface area contributed by atoms with E-state index < -0.39 is 0 Å². The van der Waals surface area contributed by atoms with E-state index >= 15 is 0 Å². The molecule has 0 saturated heterocycles. The number of nitrogens with zero attached hydrogens (tertiary/aromatic N) is 2. The molecule has 1 aromatic rings. The summed E-state index contributed by atoms with van der Waals surface area (Å²) in [6.07, 6.45) is 2.04. The van der Waals surface area contributed by atoms with Crippen molar-refractivity contribution in [3.63, 3.8) is 0 Å². The Balaban J connectivity index is 2.17. The average Bonchev–Trinajstić information content (AvgIpc) is 2.64. The van der Waals surface area contributed by atoms with Gasteiger partial charge in [-0.15, -0.1) is 11.3 Å². The third-order valence-electron chi connectivity index (χ3n) is 2.65. The van der Waals surface area contributed by atoms with Gasteiger partial charge in [0.1, 0.15) is 10.0 Å². The Morgan fingerprint density at radius 3 is 3.06 bits per heavy atom. The van der Waals surface area contributed by atoms with Gasteiger partial charge in [0.25, 0.3) is 0 Å². The van der Waals surface area contributed by atoms with Gasteiger partial charge in [-0.05, 0) is 12.0 Å². The van der Waals surface area contributed by atoms with Crippen LogP contribution in [0.15, 0.2) is 14.7 Å². The van der Waals surface area contributed by atoms with Crippen molar-refractivity contribution in [2.45, 2.75) is 30.9 Å². The largest absolute Gasteiger partial charge is 0.263 e. The Bertz CT molecular complexity index is 416. The Hall–Kier alpha value is -0.230. The molecule has 1 aromatic heterocycles. The summed E-state index contributed by atoms with van der Waals surface area (Å²) in [5.74, 6) is 7.57. The molecular weight excluding hydrogens is 262 g/mol. The van der Waals surface area contributed by atoms with E-state index in [-0.39, 0.29) is 0 Å². The molecule has 88 valence electrons. The highest BCUT2D eigenvalue weighted by atomic mass is 35.5. The summed E-state index contributed by atoms with van der Waals surface area (Å²) in [5, 5.41) is 1.67. The molecule has 0 fully saturated rings. The van der Waals surface area contributed by atoms with Crippen LogP contribution in [0, 0.1) is 5.92 Å². The molecule has 0 spiro atoms. The number of nitrogens with two attached hydrogens (primary N) is 1. The molecular formula is C10H14ClN3S2. The summed E-state index contributed by atoms with van der Waals surface area (Å²) in [7, 11) is 0. The Kier molecular flexibility index (Phi) is 3.79. The van der Waals surface area contributed by atoms with Gasteiger partial charge in [-0.25, -0.2) is 5.84 Å². The van der Waals surface area contributed by atoms with Crippen molar-refractivity contribution < 1.29 is 0 Å². The van der Waals surface area contributed by atoms with Crippen molar-refractivity contribution in [3.8, 4) is 0 Å². The number of halogens is 1. The topological polar surface area (TPSA) is 41.6 Å². The normalized spacial score (nSPS) is 17.0. The second-order valence-electron chi connectivity index (χ2n) is 3.91. The third kappa shape index (κ3) is 2.37. The van der Waals surface area contributed by atoms with Crippen molar-refractivity contribution >= 4 is 46.4 Å². The molecule has 1 atom stereocenters. The highest BCUT2D eigenvalue weighted by Crippen LogP contribution is 2.43. The van der Waals surface area contributed by atoms with Gasteiger partial charge < -0.3 is 0 Å². The molecule has 0 bridgehead atoms. The molecule has 1 aliphatic rings. The van der Waals surface area contributed by atoms with Gasteiger partial charge in [0.2, 0.25) is 0 Å². The van der Waals surface area contributed by atoms with Crippen molar-refractivity contribution in [2.75, 3.05) is 5.01 Å². The molecule has 0 radical (unpaired) electrons. The minimum absolute atomic E-state index is 0.598. The zero-order valence-corrected chi connectivity index (χ0v) is 11.6. The molecule has 0 saturated carbocycles. The van der Waals surface area contributed by atoms with E-state index in [4.69, 9.17) is 17.4 Å². The van der Waals surface area contributed by atoms with Crippen LogP contribution in [0.3, 0.4) is 0 Å². The lowest BCUT2D eigenvalue weighted by Crippen LogP contribution is -2.39. The first-order valence-corrected chi connectivity index (χ1v) is 7.16. The maximum Gasteiger partial charge on any atom is 0.132 e. The van der Waals surface area contributed by atoms with E-state index in [1.807, 2.05) is 6.07 Å². The monoisotopic (exact) mass is 275 g/mol. The molecule has 2 N–H and O–H groups in total. The number of anilines is 1. The maximum absolute atomic E-state index is 6.04. The number of amidine groups is 1. The molecule has 2 rings (SSSR count). The second-order valence-corrected chi connectivity index (χ2v) is 6.62. The van der Waals surface area contributed by atoms with Gasteiger partial charge in [-0.3, -0.25) is 5.01 Å². The van der Waals surface area contributed by atoms with E-state index in [1.165, 1.54) is 23.3 Å². The lowest BCUT2D eigenvalue weighted by Gasteiger charge is -2.25. The van der Waals surface area contributed by atoms with Crippen LogP contribution < -0.4 is 10.9 Å². The Labute approximate surface area is 109 Å². The van der Waals surface area contributed by atoms with Crippen LogP contribution in [0.4, 0.5) is 5.69 Å². The number of thiophene rings is 1. The van der Waals surface area contributed by atoms with Crippen LogP contribution in [-0.4, -0.2) is 5.84 Å². The molecule has 0 amide bonds. The molecule has 0 aromatic carbocycles. The summed E-state index contributed by atoms with van der Waals surface area (Å²) in [5.41, 5.74) is 0.980. The van der Waals surface area contributed by atoms with E-state index in [0.29, 0.717) is 5.92 Å². The number of hydrazine groups is 1. The fourth-order valence-corrected chi connectivity index (χ4v) is 3.65. The van der Waals surface area contributed by atoms with Crippen LogP contribution in [0.5, 0.6) is 0 Å². The summed E-state index contributed by atoms with van der Waals surface area (Å²) in [4.78, 5) is 0. The predicted molar refractivity (Wildman–Crippen MR) is 73.4 cm³/mol. The van der Waals surface area contributed by atoms with Crippen molar-refractivity contribution in [1.82, 2.24) is 0 Å². The lowest BCUT2D eigenvalue weighted by atomic mass is 10.0. The van der Waals surface area contributed by atoms with Gasteiger partial charge in [-0.2, -0.15) is 4.40 Å². The second kappa shape index (κ2) is 4.96. The number of rotatable bonds is 3. The van der Waals surface area contributed by atoms with Crippen molar-refractivity contribution in [1.29, 1.82) is 0 Å². The Morgan fingerprint density at radius 1 is 1.62 bits per heavy atom. The first kappa shape index (κ1) is 12.2. The van der Waals surface area contributed by atoms with E-state index in [1.54, 1.807) is 5.01 Å². The zero-order valence-electron chi connectivity index (χ0n) is 9.24. The SMILES string of the molecule is CCC(C)CC1=NSc2sc(Cl)cc2N1N. The first-order chi connectivity index (χ1) is 7.61. The fraction of sp³-hybridized carbons (Fsp3) is 0.500. The molecule has 2 heterocycles. The molecule has 0 aliphatic carbocycles. The first-order valence-electron chi connectivity index (χ1n) is 5.19. The zero-order chi connectivity index (χ0) is 11.7. The summed E-state index contributed by atoms with van der Waals surface area (Å²) < 4.78 is 6.27. The average molecular weight is 276 g/mol. The standard InChI is InChI=1S/C10H14ClN3S2/c1-3-6(2)4-9-13-16-10-7(14(9)12)5-8(11)15-10/h5-6H,3-4,12H2,1-2H3. The summed E-state index contributed by atoms with van der Waals surface area (Å²) in [6.45, 7) is 4.38. The number of fused-ring (bicyclic) bond motifs is 1. The van der Waals surface area contributed by atoms with Gasteiger partial charge in [0, 0.05) is 18.4 Å². The van der Waals surface area contributed by atoms with Crippen LogP contribution in [-0.2, 0) is 0 Å². The molecule has 1 unspecified atom stereocenters. The van der Waals surface area contributed by atoms with Crippen LogP contribution >= 0.6 is 34.9 Å². The predicted octanol–water partition coefficient (Wildman–Crippen LogP) is 3.94. The molecule has 1 aliphatic heterocycles. The van der Waals surface area contributed by atoms with Gasteiger partial charge in [0.05, 0.1) is 10.0 Å². The van der Waals surface area contributed by atoms with Gasteiger partial charge >= 0.3 is 0 Å². The molecule has 16 heavy (non-hydrogen) atoms. The smallest absolute Gasteiger partial charge is 0.132 e. The van der Waals surface area contributed by atoms with Crippen LogP contribution in [0.25, 0.3) is 0 Å². The minimum atomic E-state index is 0.598. The third-order valence-corrected chi connectivity index (χ3v) is 4.85. The van der Waals surface area contributed by atoms with Crippen molar-refractivity contribution in [3.05, 3.63) is 10.4 Å². The Morgan fingerprint density at radius 2 is 2.38 bits per heavy atom. The molecule has 6 heteroatoms. The number of hydrogen-bond acceptors (Lipinski definition) is 5. The van der Waals surface area contributed by atoms with E-state index in [9.17, 15) is 0 Å². The van der Waals surface area contributed by atoms with Gasteiger partial charge in [-0.1, -0.05) is 31.9 Å². The summed E-state index contributed by atoms with van der Waals surface area (Å²) >= 11 is 8.96. The lowest BCUT2D eigenvalue weighted by molar-refractivity contribution is 0.583. The van der Waals surface area contributed by atoms with Crippen LogP contribution in [0.1, 0.15) is 26.7 Å². The van der Waals surface area contributed by atoms with E-state index in [0.717, 1.165) is 32.9 Å². The quantitative estimate of drug-likeness (QED) is 0.671. The highest BCUT2D eigenvalue weighted by Gasteiger charge is 2.23. The number of hydrogen-bond donors (Lipinski definition) is 1. The highest BCUT2D eigenvalue weighted by molar-refractivity contribution is 8.00.